The molecular weight excluding hydrogens is 305 g/mol. The van der Waals surface area contributed by atoms with E-state index in [2.05, 4.69) is 47.2 Å². The zero-order valence-corrected chi connectivity index (χ0v) is 12.7. The number of hydrogen-bond acceptors (Lipinski definition) is 1. The molecule has 0 saturated carbocycles. The largest absolute Gasteiger partial charge is 0.307 e. The van der Waals surface area contributed by atoms with Gasteiger partial charge in [-0.2, -0.15) is 0 Å². The molecule has 100 valence electrons. The minimum atomic E-state index is -0.200. The fourth-order valence-corrected chi connectivity index (χ4v) is 2.41. The fraction of sp³-hybridized carbons (Fsp3) is 0.250. The molecule has 0 radical (unpaired) electrons. The third-order valence-electron chi connectivity index (χ3n) is 3.11. The first-order valence-corrected chi connectivity index (χ1v) is 7.16. The van der Waals surface area contributed by atoms with Crippen molar-refractivity contribution >= 4 is 15.9 Å². The van der Waals surface area contributed by atoms with E-state index in [9.17, 15) is 4.39 Å². The van der Waals surface area contributed by atoms with Crippen LogP contribution in [0.15, 0.2) is 46.9 Å². The SMILES string of the molecule is CCNC(c1cccc(F)c1)c1ccc(Br)c(C)c1. The molecule has 0 aliphatic heterocycles. The van der Waals surface area contributed by atoms with Gasteiger partial charge in [0.1, 0.15) is 5.82 Å². The molecule has 0 aliphatic rings. The van der Waals surface area contributed by atoms with E-state index in [1.807, 2.05) is 12.1 Å². The predicted octanol–water partition coefficient (Wildman–Crippen LogP) is 4.60. The van der Waals surface area contributed by atoms with Crippen molar-refractivity contribution in [2.24, 2.45) is 0 Å². The highest BCUT2D eigenvalue weighted by atomic mass is 79.9. The standard InChI is InChI=1S/C16H17BrFN/c1-3-19-16(12-5-4-6-14(18)10-12)13-7-8-15(17)11(2)9-13/h4-10,16,19H,3H2,1-2H3. The maximum absolute atomic E-state index is 13.4. The molecule has 1 N–H and O–H groups in total. The van der Waals surface area contributed by atoms with Crippen molar-refractivity contribution in [1.29, 1.82) is 0 Å². The lowest BCUT2D eigenvalue weighted by Gasteiger charge is -2.20. The van der Waals surface area contributed by atoms with Crippen LogP contribution < -0.4 is 5.32 Å². The molecule has 0 fully saturated rings. The molecule has 3 heteroatoms. The van der Waals surface area contributed by atoms with Crippen LogP contribution in [0.5, 0.6) is 0 Å². The molecule has 0 aromatic heterocycles. The summed E-state index contributed by atoms with van der Waals surface area (Å²) in [6.07, 6.45) is 0. The Bertz CT molecular complexity index is 568. The van der Waals surface area contributed by atoms with E-state index in [-0.39, 0.29) is 11.9 Å². The second-order valence-electron chi connectivity index (χ2n) is 4.55. The smallest absolute Gasteiger partial charge is 0.123 e. The molecule has 1 nitrogen and oxygen atoms in total. The Morgan fingerprint density at radius 1 is 1.16 bits per heavy atom. The maximum atomic E-state index is 13.4. The van der Waals surface area contributed by atoms with Crippen LogP contribution in [0.3, 0.4) is 0 Å². The molecular formula is C16H17BrFN. The first-order chi connectivity index (χ1) is 9.11. The number of nitrogens with one attached hydrogen (secondary N) is 1. The summed E-state index contributed by atoms with van der Waals surface area (Å²) < 4.78 is 14.5. The molecule has 0 bridgehead atoms. The van der Waals surface area contributed by atoms with Gasteiger partial charge in [0.25, 0.3) is 0 Å². The highest BCUT2D eigenvalue weighted by Crippen LogP contribution is 2.26. The van der Waals surface area contributed by atoms with Gasteiger partial charge in [0.05, 0.1) is 6.04 Å². The number of hydrogen-bond donors (Lipinski definition) is 1. The van der Waals surface area contributed by atoms with Crippen molar-refractivity contribution in [3.63, 3.8) is 0 Å². The van der Waals surface area contributed by atoms with Gasteiger partial charge in [0.2, 0.25) is 0 Å². The predicted molar refractivity (Wildman–Crippen MR) is 80.8 cm³/mol. The van der Waals surface area contributed by atoms with Crippen molar-refractivity contribution < 1.29 is 4.39 Å². The van der Waals surface area contributed by atoms with Crippen molar-refractivity contribution in [2.75, 3.05) is 6.54 Å². The molecule has 0 spiro atoms. The average Bonchev–Trinajstić information content (AvgIpc) is 2.39. The molecule has 2 aromatic carbocycles. The number of halogens is 2. The third-order valence-corrected chi connectivity index (χ3v) is 4.00. The van der Waals surface area contributed by atoms with Gasteiger partial charge in [-0.05, 0) is 48.4 Å². The molecule has 0 aliphatic carbocycles. The Morgan fingerprint density at radius 3 is 2.53 bits per heavy atom. The zero-order valence-electron chi connectivity index (χ0n) is 11.1. The van der Waals surface area contributed by atoms with Crippen LogP contribution in [0, 0.1) is 12.7 Å². The van der Waals surface area contributed by atoms with E-state index in [4.69, 9.17) is 0 Å². The van der Waals surface area contributed by atoms with Crippen LogP contribution in [0.1, 0.15) is 29.7 Å². The van der Waals surface area contributed by atoms with Gasteiger partial charge in [-0.3, -0.25) is 0 Å². The van der Waals surface area contributed by atoms with Gasteiger partial charge >= 0.3 is 0 Å². The molecule has 2 rings (SSSR count). The fourth-order valence-electron chi connectivity index (χ4n) is 2.17. The zero-order chi connectivity index (χ0) is 13.8. The van der Waals surface area contributed by atoms with Crippen LogP contribution in [0.4, 0.5) is 4.39 Å². The van der Waals surface area contributed by atoms with Gasteiger partial charge in [-0.1, -0.05) is 47.1 Å². The summed E-state index contributed by atoms with van der Waals surface area (Å²) >= 11 is 3.50. The lowest BCUT2D eigenvalue weighted by Crippen LogP contribution is -2.22. The normalized spacial score (nSPS) is 12.4. The van der Waals surface area contributed by atoms with Crippen molar-refractivity contribution in [3.05, 3.63) is 69.4 Å². The van der Waals surface area contributed by atoms with Crippen molar-refractivity contribution in [3.8, 4) is 0 Å². The van der Waals surface area contributed by atoms with E-state index in [0.29, 0.717) is 0 Å². The van der Waals surface area contributed by atoms with E-state index in [1.165, 1.54) is 11.6 Å². The lowest BCUT2D eigenvalue weighted by atomic mass is 9.97. The Morgan fingerprint density at radius 2 is 1.89 bits per heavy atom. The van der Waals surface area contributed by atoms with Crippen molar-refractivity contribution in [1.82, 2.24) is 5.32 Å². The van der Waals surface area contributed by atoms with Gasteiger partial charge in [0, 0.05) is 4.47 Å². The first kappa shape index (κ1) is 14.2. The van der Waals surface area contributed by atoms with Crippen LogP contribution in [-0.4, -0.2) is 6.54 Å². The Labute approximate surface area is 122 Å². The van der Waals surface area contributed by atoms with Gasteiger partial charge in [-0.25, -0.2) is 4.39 Å². The summed E-state index contributed by atoms with van der Waals surface area (Å²) in [4.78, 5) is 0. The molecule has 0 saturated heterocycles. The quantitative estimate of drug-likeness (QED) is 0.868. The van der Waals surface area contributed by atoms with Gasteiger partial charge < -0.3 is 5.32 Å². The first-order valence-electron chi connectivity index (χ1n) is 6.36. The highest BCUT2D eigenvalue weighted by molar-refractivity contribution is 9.10. The van der Waals surface area contributed by atoms with E-state index in [1.54, 1.807) is 12.1 Å². The van der Waals surface area contributed by atoms with Gasteiger partial charge in [-0.15, -0.1) is 0 Å². The highest BCUT2D eigenvalue weighted by Gasteiger charge is 2.14. The second-order valence-corrected chi connectivity index (χ2v) is 5.41. The Kier molecular flexibility index (Phi) is 4.72. The second kappa shape index (κ2) is 6.31. The molecule has 1 atom stereocenters. The monoisotopic (exact) mass is 321 g/mol. The van der Waals surface area contributed by atoms with Crippen LogP contribution in [-0.2, 0) is 0 Å². The summed E-state index contributed by atoms with van der Waals surface area (Å²) in [6.45, 7) is 4.94. The third kappa shape index (κ3) is 3.43. The van der Waals surface area contributed by atoms with E-state index < -0.39 is 0 Å². The summed E-state index contributed by atoms with van der Waals surface area (Å²) in [5.41, 5.74) is 3.27. The minimum Gasteiger partial charge on any atom is -0.307 e. The van der Waals surface area contributed by atoms with Crippen molar-refractivity contribution in [2.45, 2.75) is 19.9 Å². The number of aryl methyl sites for hydroxylation is 1. The summed E-state index contributed by atoms with van der Waals surface area (Å²) in [7, 11) is 0. The molecule has 1 unspecified atom stereocenters. The summed E-state index contributed by atoms with van der Waals surface area (Å²) in [5.74, 6) is -0.200. The van der Waals surface area contributed by atoms with Crippen LogP contribution >= 0.6 is 15.9 Å². The molecule has 0 amide bonds. The molecule has 0 heterocycles. The lowest BCUT2D eigenvalue weighted by molar-refractivity contribution is 0.603. The van der Waals surface area contributed by atoms with E-state index in [0.717, 1.165) is 22.1 Å². The topological polar surface area (TPSA) is 12.0 Å². The van der Waals surface area contributed by atoms with Gasteiger partial charge in [0.15, 0.2) is 0 Å². The molecule has 2 aromatic rings. The van der Waals surface area contributed by atoms with Crippen LogP contribution in [0.25, 0.3) is 0 Å². The Hall–Kier alpha value is -1.19. The maximum Gasteiger partial charge on any atom is 0.123 e. The minimum absolute atomic E-state index is 0.0208. The van der Waals surface area contributed by atoms with E-state index >= 15 is 0 Å². The summed E-state index contributed by atoms with van der Waals surface area (Å²) in [6, 6.07) is 13.0. The number of benzene rings is 2. The molecule has 19 heavy (non-hydrogen) atoms. The Balaban J connectivity index is 2.42. The number of rotatable bonds is 4. The van der Waals surface area contributed by atoms with Crippen LogP contribution in [0.2, 0.25) is 0 Å². The average molecular weight is 322 g/mol. The summed E-state index contributed by atoms with van der Waals surface area (Å²) in [5, 5.41) is 3.41.